The predicted octanol–water partition coefficient (Wildman–Crippen LogP) is 5.14. The van der Waals surface area contributed by atoms with E-state index in [1.54, 1.807) is 6.20 Å². The summed E-state index contributed by atoms with van der Waals surface area (Å²) in [6, 6.07) is 0. The number of hydrogen-bond donors (Lipinski definition) is 0. The van der Waals surface area contributed by atoms with E-state index in [-0.39, 0.29) is 0 Å². The highest BCUT2D eigenvalue weighted by molar-refractivity contribution is 14.2. The summed E-state index contributed by atoms with van der Waals surface area (Å²) in [4.78, 5) is 0. The largest absolute Gasteiger partial charge is 0.185 e. The van der Waals surface area contributed by atoms with E-state index in [0.717, 1.165) is 0 Å². The van der Waals surface area contributed by atoms with Crippen LogP contribution in [0.4, 0.5) is 0 Å². The van der Waals surface area contributed by atoms with E-state index >= 15 is 0 Å². The molecule has 0 atom stereocenters. The number of rotatable bonds is 0. The molecule has 0 amide bonds. The molecule has 0 N–H and O–H groups in total. The van der Waals surface area contributed by atoms with Crippen LogP contribution in [-0.4, -0.2) is 7.97 Å². The maximum absolute atomic E-state index is 3.72. The predicted molar refractivity (Wildman–Crippen MR) is 81.5 cm³/mol. The van der Waals surface area contributed by atoms with Gasteiger partial charge in [0.2, 0.25) is 0 Å². The third kappa shape index (κ3) is 29.4. The molecule has 0 fully saturated rings. The van der Waals surface area contributed by atoms with Crippen molar-refractivity contribution in [3.63, 3.8) is 0 Å². The van der Waals surface area contributed by atoms with E-state index in [9.17, 15) is 0 Å². The maximum Gasteiger partial charge on any atom is 0.0787 e. The molecule has 0 spiro atoms. The zero-order chi connectivity index (χ0) is 11.4. The molecule has 0 aromatic rings. The van der Waals surface area contributed by atoms with E-state index in [0.29, 0.717) is 7.97 Å². The van der Waals surface area contributed by atoms with Gasteiger partial charge in [0.05, 0.1) is 7.97 Å². The Morgan fingerprint density at radius 2 is 1.64 bits per heavy atom. The quantitative estimate of drug-likeness (QED) is 0.383. The van der Waals surface area contributed by atoms with Crippen LogP contribution in [0.5, 0.6) is 0 Å². The molecule has 4 heteroatoms. The van der Waals surface area contributed by atoms with Crippen LogP contribution < -0.4 is 0 Å². The molecule has 0 saturated carbocycles. The summed E-state index contributed by atoms with van der Waals surface area (Å²) in [6.45, 7) is 9.04. The van der Waals surface area contributed by atoms with Gasteiger partial charge in [-0.1, -0.05) is 71.2 Å². The second-order valence-electron chi connectivity index (χ2n) is 2.54. The average Bonchev–Trinajstić information content (AvgIpc) is 2.35. The molecule has 1 aliphatic heterocycles. The molecule has 0 unspecified atom stereocenters. The highest BCUT2D eigenvalue weighted by Crippen LogP contribution is 2.24. The molecule has 82 valence electrons. The minimum Gasteiger partial charge on any atom is -0.185 e. The first-order valence-corrected chi connectivity index (χ1v) is 6.72. The van der Waals surface area contributed by atoms with Gasteiger partial charge in [-0.3, -0.25) is 0 Å². The third-order valence-electron chi connectivity index (χ3n) is 0.669. The molecular formula is C10H18I2N2. The fraction of sp³-hybridized carbons (Fsp3) is 0.600. The van der Waals surface area contributed by atoms with Gasteiger partial charge in [-0.05, 0) is 19.9 Å². The first-order chi connectivity index (χ1) is 6.50. The van der Waals surface area contributed by atoms with Crippen LogP contribution in [0.15, 0.2) is 34.7 Å². The molecule has 0 bridgehead atoms. The number of azo groups is 1. The zero-order valence-electron chi connectivity index (χ0n) is 9.17. The van der Waals surface area contributed by atoms with Gasteiger partial charge in [0, 0.05) is 6.20 Å². The minimum absolute atomic E-state index is 0.440. The molecule has 14 heavy (non-hydrogen) atoms. The Bertz CT molecular complexity index is 171. The highest BCUT2D eigenvalue weighted by Gasteiger charge is 2.01. The van der Waals surface area contributed by atoms with Crippen LogP contribution in [0.2, 0.25) is 0 Å². The van der Waals surface area contributed by atoms with Crippen LogP contribution in [0.3, 0.4) is 0 Å². The number of nitrogens with zero attached hydrogens (tertiary/aromatic N) is 2. The van der Waals surface area contributed by atoms with Gasteiger partial charge < -0.3 is 0 Å². The van der Waals surface area contributed by atoms with Gasteiger partial charge in [-0.25, -0.2) is 0 Å². The van der Waals surface area contributed by atoms with Crippen molar-refractivity contribution in [1.29, 1.82) is 0 Å². The van der Waals surface area contributed by atoms with Crippen molar-refractivity contribution in [1.82, 2.24) is 0 Å². The van der Waals surface area contributed by atoms with Crippen molar-refractivity contribution in [3.05, 3.63) is 24.4 Å². The third-order valence-corrected chi connectivity index (χ3v) is 0.669. The lowest BCUT2D eigenvalue weighted by Crippen LogP contribution is -1.90. The lowest BCUT2D eigenvalue weighted by atomic mass is 10.5. The zero-order valence-corrected chi connectivity index (χ0v) is 13.5. The Morgan fingerprint density at radius 3 is 2.14 bits per heavy atom. The molecule has 0 aromatic carbocycles. The van der Waals surface area contributed by atoms with E-state index < -0.39 is 0 Å². The first-order valence-electron chi connectivity index (χ1n) is 4.56. The second-order valence-corrected chi connectivity index (χ2v) is 9.99. The molecule has 0 saturated heterocycles. The van der Waals surface area contributed by atoms with Crippen molar-refractivity contribution < 1.29 is 0 Å². The molecular weight excluding hydrogens is 402 g/mol. The van der Waals surface area contributed by atoms with Gasteiger partial charge in [0.1, 0.15) is 0 Å². The van der Waals surface area contributed by atoms with E-state index in [2.05, 4.69) is 69.3 Å². The standard InChI is InChI=1S/C5H6N2.C3H6I2.C2H6/c1-2-4-6-7-5-3-1;1-3(2,4)5;1-2/h1-4H,5H2;1-2H3;1-2H3. The summed E-state index contributed by atoms with van der Waals surface area (Å²) < 4.78 is 0.440. The molecule has 0 aliphatic carbocycles. The first kappa shape index (κ1) is 17.0. The highest BCUT2D eigenvalue weighted by atomic mass is 127. The van der Waals surface area contributed by atoms with Crippen molar-refractivity contribution in [2.45, 2.75) is 29.1 Å². The molecule has 0 aromatic heterocycles. The number of alkyl halides is 2. The monoisotopic (exact) mass is 420 g/mol. The summed E-state index contributed by atoms with van der Waals surface area (Å²) in [6.07, 6.45) is 7.41. The van der Waals surface area contributed by atoms with Crippen molar-refractivity contribution in [2.75, 3.05) is 6.54 Å². The van der Waals surface area contributed by atoms with Crippen LogP contribution >= 0.6 is 45.2 Å². The van der Waals surface area contributed by atoms with E-state index in [1.807, 2.05) is 32.1 Å². The second kappa shape index (κ2) is 11.6. The fourth-order valence-electron chi connectivity index (χ4n) is 0.369. The van der Waals surface area contributed by atoms with Gasteiger partial charge in [-0.2, -0.15) is 10.2 Å². The smallest absolute Gasteiger partial charge is 0.0787 e. The number of hydrogen-bond acceptors (Lipinski definition) is 2. The molecule has 1 aliphatic rings. The number of allylic oxidation sites excluding steroid dienone is 2. The Morgan fingerprint density at radius 1 is 1.14 bits per heavy atom. The summed E-state index contributed by atoms with van der Waals surface area (Å²) >= 11 is 4.73. The molecule has 0 radical (unpaired) electrons. The van der Waals surface area contributed by atoms with Crippen LogP contribution in [-0.2, 0) is 0 Å². The Kier molecular flexibility index (Phi) is 14.1. The normalized spacial score (nSPS) is 13.3. The SMILES string of the molecule is C1=CCN=NC=C1.CC.CC(C)(I)I. The lowest BCUT2D eigenvalue weighted by Gasteiger charge is -1.99. The summed E-state index contributed by atoms with van der Waals surface area (Å²) in [5.41, 5.74) is 0. The van der Waals surface area contributed by atoms with Crippen LogP contribution in [0.25, 0.3) is 0 Å². The van der Waals surface area contributed by atoms with Crippen LogP contribution in [0.1, 0.15) is 27.7 Å². The van der Waals surface area contributed by atoms with E-state index in [4.69, 9.17) is 0 Å². The van der Waals surface area contributed by atoms with Gasteiger partial charge in [0.25, 0.3) is 0 Å². The van der Waals surface area contributed by atoms with Gasteiger partial charge >= 0.3 is 0 Å². The maximum atomic E-state index is 3.72. The minimum atomic E-state index is 0.440. The Balaban J connectivity index is 0. The molecule has 2 nitrogen and oxygen atoms in total. The van der Waals surface area contributed by atoms with Crippen LogP contribution in [0, 0.1) is 0 Å². The summed E-state index contributed by atoms with van der Waals surface area (Å²) in [7, 11) is 0. The summed E-state index contributed by atoms with van der Waals surface area (Å²) in [5.74, 6) is 0. The molecule has 1 heterocycles. The lowest BCUT2D eigenvalue weighted by molar-refractivity contribution is 1.08. The Hall–Kier alpha value is 0.540. The average molecular weight is 420 g/mol. The molecule has 1 rings (SSSR count). The van der Waals surface area contributed by atoms with Crippen molar-refractivity contribution in [2.24, 2.45) is 10.2 Å². The van der Waals surface area contributed by atoms with Gasteiger partial charge in [0.15, 0.2) is 0 Å². The van der Waals surface area contributed by atoms with Crippen molar-refractivity contribution in [3.8, 4) is 0 Å². The van der Waals surface area contributed by atoms with Crippen molar-refractivity contribution >= 4 is 45.2 Å². The van der Waals surface area contributed by atoms with E-state index in [1.165, 1.54) is 0 Å². The Labute approximate surface area is 115 Å². The number of halogens is 2. The van der Waals surface area contributed by atoms with Gasteiger partial charge in [-0.15, -0.1) is 0 Å². The summed E-state index contributed by atoms with van der Waals surface area (Å²) in [5, 5.41) is 7.38. The fourth-order valence-corrected chi connectivity index (χ4v) is 0.369. The topological polar surface area (TPSA) is 24.7 Å².